The highest BCUT2D eigenvalue weighted by Crippen LogP contribution is 2.18. The number of halogens is 1. The second-order valence-corrected chi connectivity index (χ2v) is 4.81. The number of carbonyl (C=O) groups is 1. The van der Waals surface area contributed by atoms with Gasteiger partial charge in [0.05, 0.1) is 15.0 Å². The number of nitrogens with zero attached hydrogens (tertiary/aromatic N) is 1. The Bertz CT molecular complexity index is 289. The summed E-state index contributed by atoms with van der Waals surface area (Å²) in [6, 6.07) is -0.157. The molecule has 4 nitrogen and oxygen atoms in total. The van der Waals surface area contributed by atoms with Crippen LogP contribution in [0.2, 0.25) is 0 Å². The van der Waals surface area contributed by atoms with Crippen LogP contribution in [0.15, 0.2) is 9.98 Å². The molecule has 0 spiro atoms. The number of amides is 2. The van der Waals surface area contributed by atoms with Crippen molar-refractivity contribution in [3.05, 3.63) is 15.0 Å². The zero-order valence-corrected chi connectivity index (χ0v) is 9.54. The normalized spacial score (nSPS) is 9.69. The first kappa shape index (κ1) is 10.5. The number of nitrogens with one attached hydrogen (secondary N) is 2. The third-order valence-corrected chi connectivity index (χ3v) is 2.91. The van der Waals surface area contributed by atoms with Gasteiger partial charge in [0.15, 0.2) is 0 Å². The first-order chi connectivity index (χ1) is 6.22. The quantitative estimate of drug-likeness (QED) is 0.866. The Morgan fingerprint density at radius 3 is 3.08 bits per heavy atom. The van der Waals surface area contributed by atoms with Gasteiger partial charge >= 0.3 is 6.03 Å². The van der Waals surface area contributed by atoms with Gasteiger partial charge in [-0.05, 0) is 15.9 Å². The molecule has 1 aromatic heterocycles. The second kappa shape index (κ2) is 5.18. The van der Waals surface area contributed by atoms with Crippen molar-refractivity contribution in [2.45, 2.75) is 6.42 Å². The van der Waals surface area contributed by atoms with E-state index in [-0.39, 0.29) is 6.03 Å². The molecule has 1 heterocycles. The minimum Gasteiger partial charge on any atom is -0.341 e. The summed E-state index contributed by atoms with van der Waals surface area (Å²) in [7, 11) is 1.59. The Balaban J connectivity index is 2.24. The van der Waals surface area contributed by atoms with E-state index < -0.39 is 0 Å². The van der Waals surface area contributed by atoms with Gasteiger partial charge in [-0.3, -0.25) is 0 Å². The molecule has 6 heteroatoms. The van der Waals surface area contributed by atoms with Crippen molar-refractivity contribution in [3.8, 4) is 0 Å². The topological polar surface area (TPSA) is 54.0 Å². The van der Waals surface area contributed by atoms with E-state index in [1.807, 2.05) is 0 Å². The van der Waals surface area contributed by atoms with E-state index in [4.69, 9.17) is 0 Å². The van der Waals surface area contributed by atoms with Crippen LogP contribution in [0.5, 0.6) is 0 Å². The predicted molar refractivity (Wildman–Crippen MR) is 56.0 cm³/mol. The smallest absolute Gasteiger partial charge is 0.314 e. The molecule has 0 bridgehead atoms. The molecule has 2 amide bonds. The minimum absolute atomic E-state index is 0.157. The number of hydrogen-bond acceptors (Lipinski definition) is 3. The minimum atomic E-state index is -0.157. The first-order valence-electron chi connectivity index (χ1n) is 3.78. The average molecular weight is 264 g/mol. The largest absolute Gasteiger partial charge is 0.341 e. The third kappa shape index (κ3) is 3.73. The van der Waals surface area contributed by atoms with E-state index in [0.29, 0.717) is 6.54 Å². The lowest BCUT2D eigenvalue weighted by atomic mass is 10.4. The summed E-state index contributed by atoms with van der Waals surface area (Å²) < 4.78 is 1.02. The molecule has 0 saturated carbocycles. The highest BCUT2D eigenvalue weighted by molar-refractivity contribution is 9.11. The summed E-state index contributed by atoms with van der Waals surface area (Å²) in [6.07, 6.45) is 2.53. The molecular formula is C7H10BrN3OS. The van der Waals surface area contributed by atoms with Crippen LogP contribution in [0, 0.1) is 0 Å². The van der Waals surface area contributed by atoms with Crippen LogP contribution in [0.3, 0.4) is 0 Å². The molecule has 1 aromatic rings. The van der Waals surface area contributed by atoms with Gasteiger partial charge in [0, 0.05) is 20.0 Å². The summed E-state index contributed by atoms with van der Waals surface area (Å²) in [5.74, 6) is 0. The number of carbonyl (C=O) groups excluding carboxylic acids is 1. The molecule has 0 unspecified atom stereocenters. The van der Waals surface area contributed by atoms with Gasteiger partial charge in [-0.25, -0.2) is 9.78 Å². The van der Waals surface area contributed by atoms with E-state index in [2.05, 4.69) is 31.5 Å². The maximum Gasteiger partial charge on any atom is 0.314 e. The fraction of sp³-hybridized carbons (Fsp3) is 0.429. The van der Waals surface area contributed by atoms with Crippen molar-refractivity contribution in [1.29, 1.82) is 0 Å². The molecule has 72 valence electrons. The molecule has 0 aliphatic rings. The van der Waals surface area contributed by atoms with Crippen molar-refractivity contribution < 1.29 is 4.79 Å². The highest BCUT2D eigenvalue weighted by atomic mass is 79.9. The lowest BCUT2D eigenvalue weighted by molar-refractivity contribution is 0.243. The number of rotatable bonds is 3. The number of aromatic nitrogens is 1. The van der Waals surface area contributed by atoms with E-state index in [9.17, 15) is 4.79 Å². The SMILES string of the molecule is CNC(=O)NCCc1ncc(Br)s1. The summed E-state index contributed by atoms with van der Waals surface area (Å²) in [5.41, 5.74) is 0. The predicted octanol–water partition coefficient (Wildman–Crippen LogP) is 1.38. The van der Waals surface area contributed by atoms with Gasteiger partial charge in [-0.1, -0.05) is 0 Å². The van der Waals surface area contributed by atoms with Crippen LogP contribution in [0.25, 0.3) is 0 Å². The van der Waals surface area contributed by atoms with Crippen molar-refractivity contribution >= 4 is 33.3 Å². The van der Waals surface area contributed by atoms with Gasteiger partial charge in [-0.2, -0.15) is 0 Å². The Labute approximate surface area is 88.9 Å². The number of hydrogen-bond donors (Lipinski definition) is 2. The molecule has 0 saturated heterocycles. The molecule has 13 heavy (non-hydrogen) atoms. The molecule has 0 aliphatic heterocycles. The average Bonchev–Trinajstić information content (AvgIpc) is 2.51. The Morgan fingerprint density at radius 1 is 1.77 bits per heavy atom. The van der Waals surface area contributed by atoms with Crippen LogP contribution < -0.4 is 10.6 Å². The van der Waals surface area contributed by atoms with Crippen molar-refractivity contribution in [2.24, 2.45) is 0 Å². The molecule has 2 N–H and O–H groups in total. The molecule has 0 aliphatic carbocycles. The van der Waals surface area contributed by atoms with Crippen LogP contribution in [-0.2, 0) is 6.42 Å². The Kier molecular flexibility index (Phi) is 4.17. The van der Waals surface area contributed by atoms with Crippen molar-refractivity contribution in [1.82, 2.24) is 15.6 Å². The van der Waals surface area contributed by atoms with Gasteiger partial charge in [0.1, 0.15) is 0 Å². The van der Waals surface area contributed by atoms with E-state index in [1.165, 1.54) is 0 Å². The fourth-order valence-electron chi connectivity index (χ4n) is 0.775. The molecular weight excluding hydrogens is 254 g/mol. The standard InChI is InChI=1S/C7H10BrN3OS/c1-9-7(12)10-3-2-6-11-4-5(8)13-6/h4H,2-3H2,1H3,(H2,9,10,12). The Hall–Kier alpha value is -0.620. The summed E-state index contributed by atoms with van der Waals surface area (Å²) in [6.45, 7) is 0.611. The van der Waals surface area contributed by atoms with E-state index in [1.54, 1.807) is 24.6 Å². The third-order valence-electron chi connectivity index (χ3n) is 1.38. The summed E-state index contributed by atoms with van der Waals surface area (Å²) in [5, 5.41) is 6.19. The van der Waals surface area contributed by atoms with Gasteiger partial charge in [0.2, 0.25) is 0 Å². The van der Waals surface area contributed by atoms with Gasteiger partial charge in [-0.15, -0.1) is 11.3 Å². The molecule has 1 rings (SSSR count). The monoisotopic (exact) mass is 263 g/mol. The Morgan fingerprint density at radius 2 is 2.54 bits per heavy atom. The van der Waals surface area contributed by atoms with E-state index >= 15 is 0 Å². The molecule has 0 aromatic carbocycles. The summed E-state index contributed by atoms with van der Waals surface area (Å²) >= 11 is 4.90. The maximum atomic E-state index is 10.8. The first-order valence-corrected chi connectivity index (χ1v) is 5.39. The second-order valence-electron chi connectivity index (χ2n) is 2.31. The van der Waals surface area contributed by atoms with Crippen LogP contribution in [0.4, 0.5) is 4.79 Å². The summed E-state index contributed by atoms with van der Waals surface area (Å²) in [4.78, 5) is 14.9. The maximum absolute atomic E-state index is 10.8. The molecule has 0 fully saturated rings. The van der Waals surface area contributed by atoms with Crippen LogP contribution in [0.1, 0.15) is 5.01 Å². The van der Waals surface area contributed by atoms with Crippen molar-refractivity contribution in [3.63, 3.8) is 0 Å². The van der Waals surface area contributed by atoms with E-state index in [0.717, 1.165) is 15.2 Å². The zero-order valence-electron chi connectivity index (χ0n) is 7.13. The fourth-order valence-corrected chi connectivity index (χ4v) is 2.08. The van der Waals surface area contributed by atoms with Crippen LogP contribution >= 0.6 is 27.3 Å². The molecule has 0 radical (unpaired) electrons. The lowest BCUT2D eigenvalue weighted by Gasteiger charge is -2.01. The van der Waals surface area contributed by atoms with Gasteiger partial charge < -0.3 is 10.6 Å². The van der Waals surface area contributed by atoms with Crippen LogP contribution in [-0.4, -0.2) is 24.6 Å². The highest BCUT2D eigenvalue weighted by Gasteiger charge is 2.00. The van der Waals surface area contributed by atoms with Gasteiger partial charge in [0.25, 0.3) is 0 Å². The molecule has 0 atom stereocenters. The zero-order chi connectivity index (χ0) is 9.68. The lowest BCUT2D eigenvalue weighted by Crippen LogP contribution is -2.33. The number of thiazole rings is 1. The number of urea groups is 1. The van der Waals surface area contributed by atoms with Crippen molar-refractivity contribution in [2.75, 3.05) is 13.6 Å².